The molecule has 9 aromatic rings. The summed E-state index contributed by atoms with van der Waals surface area (Å²) in [6, 6.07) is 61.4. The summed E-state index contributed by atoms with van der Waals surface area (Å²) >= 11 is 0. The Morgan fingerprint density at radius 2 is 0.939 bits per heavy atom. The number of benzene rings is 8. The molecule has 0 unspecified atom stereocenters. The number of para-hydroxylation sites is 3. The highest BCUT2D eigenvalue weighted by Gasteiger charge is 2.19. The van der Waals surface area contributed by atoms with Crippen LogP contribution in [0.25, 0.3) is 83.0 Å². The maximum atomic E-state index is 5.09. The molecule has 0 aliphatic heterocycles. The number of hydrogen-bond donors (Lipinski definition) is 0. The molecule has 0 aliphatic rings. The van der Waals surface area contributed by atoms with Crippen LogP contribution in [0, 0.1) is 13.8 Å². The zero-order chi connectivity index (χ0) is 32.9. The summed E-state index contributed by atoms with van der Waals surface area (Å²) in [5, 5.41) is 5.06. The van der Waals surface area contributed by atoms with Gasteiger partial charge in [-0.05, 0) is 99.1 Å². The molecule has 9 rings (SSSR count). The quantitative estimate of drug-likeness (QED) is 0.174. The summed E-state index contributed by atoms with van der Waals surface area (Å²) < 4.78 is 2.26. The van der Waals surface area contributed by atoms with Crippen molar-refractivity contribution in [2.75, 3.05) is 0 Å². The van der Waals surface area contributed by atoms with Crippen LogP contribution in [0.3, 0.4) is 0 Å². The standard InChI is InChI=1S/C47H34N2/c1-31-27-32(2)29-37(28-31)46-40-18-10-9-17-39(40)45(34-13-5-3-6-14-34)42-30-36(25-26-41(42)46)33-21-23-35(24-22-33)47-48-43-19-11-12-20-44(43)49(47)38-15-7-4-8-16-38/h3-30H,1-2H3. The van der Waals surface area contributed by atoms with Crippen LogP contribution in [0.2, 0.25) is 0 Å². The highest BCUT2D eigenvalue weighted by atomic mass is 15.1. The summed E-state index contributed by atoms with van der Waals surface area (Å²) in [5.74, 6) is 0.938. The maximum Gasteiger partial charge on any atom is 0.145 e. The van der Waals surface area contributed by atoms with Crippen LogP contribution in [0.1, 0.15) is 11.1 Å². The van der Waals surface area contributed by atoms with Crippen molar-refractivity contribution in [2.24, 2.45) is 0 Å². The minimum Gasteiger partial charge on any atom is -0.292 e. The van der Waals surface area contributed by atoms with Crippen LogP contribution in [0.4, 0.5) is 0 Å². The number of aryl methyl sites for hydroxylation is 2. The van der Waals surface area contributed by atoms with E-state index in [-0.39, 0.29) is 0 Å². The smallest absolute Gasteiger partial charge is 0.145 e. The van der Waals surface area contributed by atoms with Crippen molar-refractivity contribution in [1.82, 2.24) is 9.55 Å². The lowest BCUT2D eigenvalue weighted by Crippen LogP contribution is -1.97. The van der Waals surface area contributed by atoms with Crippen molar-refractivity contribution in [3.05, 3.63) is 181 Å². The fraction of sp³-hybridized carbons (Fsp3) is 0.0426. The number of imidazole rings is 1. The third kappa shape index (κ3) is 5.01. The lowest BCUT2D eigenvalue weighted by Gasteiger charge is -2.19. The van der Waals surface area contributed by atoms with Crippen molar-refractivity contribution in [1.29, 1.82) is 0 Å². The summed E-state index contributed by atoms with van der Waals surface area (Å²) in [6.45, 7) is 4.38. The predicted molar refractivity (Wildman–Crippen MR) is 207 cm³/mol. The van der Waals surface area contributed by atoms with Gasteiger partial charge >= 0.3 is 0 Å². The van der Waals surface area contributed by atoms with Crippen molar-refractivity contribution >= 4 is 32.6 Å². The van der Waals surface area contributed by atoms with E-state index in [4.69, 9.17) is 4.98 Å². The minimum atomic E-state index is 0.938. The van der Waals surface area contributed by atoms with Gasteiger partial charge in [0.1, 0.15) is 5.82 Å². The molecule has 0 radical (unpaired) electrons. The molecule has 0 spiro atoms. The molecular formula is C47H34N2. The Morgan fingerprint density at radius 3 is 1.65 bits per heavy atom. The van der Waals surface area contributed by atoms with E-state index in [0.29, 0.717) is 0 Å². The van der Waals surface area contributed by atoms with E-state index in [2.05, 4.69) is 188 Å². The number of hydrogen-bond acceptors (Lipinski definition) is 1. The van der Waals surface area contributed by atoms with Crippen molar-refractivity contribution in [3.8, 4) is 50.5 Å². The van der Waals surface area contributed by atoms with E-state index in [0.717, 1.165) is 28.1 Å². The Kier molecular flexibility index (Phi) is 6.95. The van der Waals surface area contributed by atoms with Gasteiger partial charge in [-0.3, -0.25) is 4.57 Å². The Morgan fingerprint density at radius 1 is 0.388 bits per heavy atom. The van der Waals surface area contributed by atoms with Gasteiger partial charge in [-0.1, -0.05) is 151 Å². The van der Waals surface area contributed by atoms with E-state index in [1.807, 2.05) is 0 Å². The minimum absolute atomic E-state index is 0.938. The van der Waals surface area contributed by atoms with Gasteiger partial charge in [0.15, 0.2) is 0 Å². The van der Waals surface area contributed by atoms with Crippen LogP contribution in [0.5, 0.6) is 0 Å². The fourth-order valence-corrected chi connectivity index (χ4v) is 7.57. The highest BCUT2D eigenvalue weighted by Crippen LogP contribution is 2.45. The lowest BCUT2D eigenvalue weighted by molar-refractivity contribution is 1.10. The second kappa shape index (κ2) is 11.8. The summed E-state index contributed by atoms with van der Waals surface area (Å²) in [4.78, 5) is 5.09. The maximum absolute atomic E-state index is 5.09. The molecule has 1 aromatic heterocycles. The molecule has 0 amide bonds. The van der Waals surface area contributed by atoms with E-state index < -0.39 is 0 Å². The molecule has 0 saturated carbocycles. The van der Waals surface area contributed by atoms with Gasteiger partial charge in [0, 0.05) is 11.3 Å². The number of aromatic nitrogens is 2. The molecule has 2 heteroatoms. The van der Waals surface area contributed by atoms with Crippen LogP contribution in [0.15, 0.2) is 170 Å². The zero-order valence-corrected chi connectivity index (χ0v) is 27.6. The molecule has 0 N–H and O–H groups in total. The topological polar surface area (TPSA) is 17.8 Å². The molecule has 2 nitrogen and oxygen atoms in total. The average Bonchev–Trinajstić information content (AvgIpc) is 3.54. The van der Waals surface area contributed by atoms with E-state index in [9.17, 15) is 0 Å². The Labute approximate surface area is 286 Å². The van der Waals surface area contributed by atoms with Crippen molar-refractivity contribution in [3.63, 3.8) is 0 Å². The normalized spacial score (nSPS) is 11.5. The SMILES string of the molecule is Cc1cc(C)cc(-c2c3ccccc3c(-c3ccccc3)c3cc(-c4ccc(-c5nc6ccccc6n5-c5ccccc5)cc4)ccc23)c1. The second-order valence-electron chi connectivity index (χ2n) is 13.0. The summed E-state index contributed by atoms with van der Waals surface area (Å²) in [5.41, 5.74) is 14.2. The zero-order valence-electron chi connectivity index (χ0n) is 27.6. The molecule has 49 heavy (non-hydrogen) atoms. The molecular weight excluding hydrogens is 593 g/mol. The fourth-order valence-electron chi connectivity index (χ4n) is 7.57. The number of rotatable bonds is 5. The van der Waals surface area contributed by atoms with Gasteiger partial charge in [0.2, 0.25) is 0 Å². The van der Waals surface area contributed by atoms with Gasteiger partial charge < -0.3 is 0 Å². The first-order chi connectivity index (χ1) is 24.1. The predicted octanol–water partition coefficient (Wildman–Crippen LogP) is 12.6. The summed E-state index contributed by atoms with van der Waals surface area (Å²) in [6.07, 6.45) is 0. The van der Waals surface area contributed by atoms with Crippen LogP contribution >= 0.6 is 0 Å². The van der Waals surface area contributed by atoms with E-state index in [1.54, 1.807) is 0 Å². The third-order valence-electron chi connectivity index (χ3n) is 9.65. The second-order valence-corrected chi connectivity index (χ2v) is 13.0. The van der Waals surface area contributed by atoms with Gasteiger partial charge in [0.05, 0.1) is 11.0 Å². The van der Waals surface area contributed by atoms with E-state index >= 15 is 0 Å². The lowest BCUT2D eigenvalue weighted by atomic mass is 9.84. The first-order valence-electron chi connectivity index (χ1n) is 16.9. The number of nitrogens with zero attached hydrogens (tertiary/aromatic N) is 2. The van der Waals surface area contributed by atoms with E-state index in [1.165, 1.54) is 66.1 Å². The van der Waals surface area contributed by atoms with Crippen LogP contribution in [-0.2, 0) is 0 Å². The largest absolute Gasteiger partial charge is 0.292 e. The van der Waals surface area contributed by atoms with Gasteiger partial charge in [-0.2, -0.15) is 0 Å². The molecule has 0 bridgehead atoms. The van der Waals surface area contributed by atoms with Gasteiger partial charge in [0.25, 0.3) is 0 Å². The molecule has 0 atom stereocenters. The average molecular weight is 627 g/mol. The molecule has 0 saturated heterocycles. The third-order valence-corrected chi connectivity index (χ3v) is 9.65. The molecule has 0 fully saturated rings. The Balaban J connectivity index is 1.24. The van der Waals surface area contributed by atoms with Crippen LogP contribution in [-0.4, -0.2) is 9.55 Å². The van der Waals surface area contributed by atoms with Crippen molar-refractivity contribution in [2.45, 2.75) is 13.8 Å². The number of fused-ring (bicyclic) bond motifs is 3. The van der Waals surface area contributed by atoms with Crippen LogP contribution < -0.4 is 0 Å². The Hall–Kier alpha value is -6.25. The van der Waals surface area contributed by atoms with Crippen molar-refractivity contribution < 1.29 is 0 Å². The Bertz CT molecular complexity index is 2630. The first kappa shape index (κ1) is 28.9. The highest BCUT2D eigenvalue weighted by molar-refractivity contribution is 6.22. The first-order valence-corrected chi connectivity index (χ1v) is 16.9. The molecule has 8 aromatic carbocycles. The van der Waals surface area contributed by atoms with Gasteiger partial charge in [-0.25, -0.2) is 4.98 Å². The summed E-state index contributed by atoms with van der Waals surface area (Å²) in [7, 11) is 0. The monoisotopic (exact) mass is 626 g/mol. The van der Waals surface area contributed by atoms with Gasteiger partial charge in [-0.15, -0.1) is 0 Å². The molecule has 0 aliphatic carbocycles. The molecule has 232 valence electrons. The molecule has 1 heterocycles.